The molecule has 1 amide bonds. The molecule has 0 bridgehead atoms. The van der Waals surface area contributed by atoms with Crippen molar-refractivity contribution in [1.82, 2.24) is 0 Å². The van der Waals surface area contributed by atoms with Crippen LogP contribution in [0, 0.1) is 21.4 Å². The number of methoxy groups -OCH3 is 1. The molecule has 2 aromatic carbocycles. The maximum atomic E-state index is 12.7. The molecule has 0 aliphatic heterocycles. The summed E-state index contributed by atoms with van der Waals surface area (Å²) in [5.41, 5.74) is 0.549. The Kier molecular flexibility index (Phi) is 5.02. The molecule has 0 N–H and O–H groups in total. The number of rotatable bonds is 4. The third-order valence-electron chi connectivity index (χ3n) is 3.37. The van der Waals surface area contributed by atoms with Crippen molar-refractivity contribution in [2.75, 3.05) is 19.1 Å². The van der Waals surface area contributed by atoms with Gasteiger partial charge in [-0.15, -0.1) is 0 Å². The van der Waals surface area contributed by atoms with Crippen molar-refractivity contribution in [3.8, 4) is 11.8 Å². The van der Waals surface area contributed by atoms with E-state index in [1.807, 2.05) is 6.07 Å². The molecule has 0 saturated carbocycles. The number of nitriles is 1. The lowest BCUT2D eigenvalue weighted by molar-refractivity contribution is -0.384. The highest BCUT2D eigenvalue weighted by Crippen LogP contribution is 2.29. The summed E-state index contributed by atoms with van der Waals surface area (Å²) in [4.78, 5) is 24.2. The highest BCUT2D eigenvalue weighted by Gasteiger charge is 2.22. The second-order valence-corrected chi connectivity index (χ2v) is 5.22. The van der Waals surface area contributed by atoms with E-state index in [4.69, 9.17) is 16.3 Å². The average Bonchev–Trinajstić information content (AvgIpc) is 2.59. The Morgan fingerprint density at radius 1 is 1.33 bits per heavy atom. The van der Waals surface area contributed by atoms with Crippen LogP contribution in [0.3, 0.4) is 0 Å². The molecule has 0 aliphatic rings. The van der Waals surface area contributed by atoms with E-state index >= 15 is 0 Å². The van der Waals surface area contributed by atoms with E-state index < -0.39 is 10.8 Å². The van der Waals surface area contributed by atoms with Gasteiger partial charge in [0.1, 0.15) is 11.8 Å². The third-order valence-corrected chi connectivity index (χ3v) is 3.61. The van der Waals surface area contributed by atoms with Crippen molar-refractivity contribution in [3.05, 3.63) is 62.7 Å². The number of hydrogen-bond acceptors (Lipinski definition) is 5. The van der Waals surface area contributed by atoms with Crippen LogP contribution < -0.4 is 9.64 Å². The van der Waals surface area contributed by atoms with Gasteiger partial charge < -0.3 is 9.64 Å². The van der Waals surface area contributed by atoms with Gasteiger partial charge in [-0.1, -0.05) is 11.6 Å². The van der Waals surface area contributed by atoms with E-state index in [2.05, 4.69) is 0 Å². The van der Waals surface area contributed by atoms with Gasteiger partial charge in [-0.3, -0.25) is 14.9 Å². The first-order valence-corrected chi connectivity index (χ1v) is 7.07. The Balaban J connectivity index is 2.47. The molecule has 8 heteroatoms. The quantitative estimate of drug-likeness (QED) is 0.625. The van der Waals surface area contributed by atoms with Crippen LogP contribution in [-0.2, 0) is 0 Å². The van der Waals surface area contributed by atoms with Gasteiger partial charge >= 0.3 is 0 Å². The first-order valence-electron chi connectivity index (χ1n) is 6.69. The van der Waals surface area contributed by atoms with E-state index in [9.17, 15) is 20.2 Å². The Bertz CT molecular complexity index is 861. The van der Waals surface area contributed by atoms with Crippen molar-refractivity contribution in [2.45, 2.75) is 0 Å². The molecule has 2 aromatic rings. The number of amides is 1. The van der Waals surface area contributed by atoms with Crippen LogP contribution in [0.4, 0.5) is 11.4 Å². The number of hydrogen-bond donors (Lipinski definition) is 0. The lowest BCUT2D eigenvalue weighted by Gasteiger charge is -2.20. The standard InChI is InChI=1S/C16H12ClN3O4/c1-19(14-7-11(17)4-3-10(14)9-18)16(21)13-6-5-12(20(22)23)8-15(13)24-2/h3-8H,1-2H3. The monoisotopic (exact) mass is 345 g/mol. The molecule has 0 aliphatic carbocycles. The zero-order chi connectivity index (χ0) is 17.9. The fraction of sp³-hybridized carbons (Fsp3) is 0.125. The van der Waals surface area contributed by atoms with Crippen molar-refractivity contribution in [3.63, 3.8) is 0 Å². The number of non-ortho nitro benzene ring substituents is 1. The van der Waals surface area contributed by atoms with Crippen LogP contribution in [0.5, 0.6) is 5.75 Å². The average molecular weight is 346 g/mol. The number of benzene rings is 2. The second kappa shape index (κ2) is 6.98. The zero-order valence-corrected chi connectivity index (χ0v) is 13.6. The van der Waals surface area contributed by atoms with Gasteiger partial charge in [-0.2, -0.15) is 5.26 Å². The fourth-order valence-corrected chi connectivity index (χ4v) is 2.30. The molecule has 24 heavy (non-hydrogen) atoms. The van der Waals surface area contributed by atoms with Crippen molar-refractivity contribution < 1.29 is 14.5 Å². The zero-order valence-electron chi connectivity index (χ0n) is 12.8. The van der Waals surface area contributed by atoms with Crippen LogP contribution in [0.15, 0.2) is 36.4 Å². The van der Waals surface area contributed by atoms with Crippen LogP contribution in [0.2, 0.25) is 5.02 Å². The van der Waals surface area contributed by atoms with Gasteiger partial charge in [0.25, 0.3) is 11.6 Å². The summed E-state index contributed by atoms with van der Waals surface area (Å²) in [6.45, 7) is 0. The largest absolute Gasteiger partial charge is 0.496 e. The van der Waals surface area contributed by atoms with Crippen LogP contribution in [-0.4, -0.2) is 25.0 Å². The van der Waals surface area contributed by atoms with Gasteiger partial charge in [0.15, 0.2) is 0 Å². The minimum absolute atomic E-state index is 0.0709. The number of anilines is 1. The predicted octanol–water partition coefficient (Wildman–Crippen LogP) is 3.41. The minimum atomic E-state index is -0.578. The van der Waals surface area contributed by atoms with Gasteiger partial charge in [-0.25, -0.2) is 0 Å². The Morgan fingerprint density at radius 3 is 2.62 bits per heavy atom. The number of nitro groups is 1. The summed E-state index contributed by atoms with van der Waals surface area (Å²) in [5, 5.41) is 20.4. The Morgan fingerprint density at radius 2 is 2.04 bits per heavy atom. The summed E-state index contributed by atoms with van der Waals surface area (Å²) < 4.78 is 5.08. The van der Waals surface area contributed by atoms with E-state index in [1.165, 1.54) is 49.4 Å². The van der Waals surface area contributed by atoms with E-state index in [0.717, 1.165) is 0 Å². The first kappa shape index (κ1) is 17.2. The summed E-state index contributed by atoms with van der Waals surface area (Å²) in [6, 6.07) is 10.2. The van der Waals surface area contributed by atoms with Crippen LogP contribution >= 0.6 is 11.6 Å². The Hall–Kier alpha value is -3.11. The van der Waals surface area contributed by atoms with Crippen LogP contribution in [0.25, 0.3) is 0 Å². The highest BCUT2D eigenvalue weighted by molar-refractivity contribution is 6.31. The number of nitrogens with zero attached hydrogens (tertiary/aromatic N) is 3. The predicted molar refractivity (Wildman–Crippen MR) is 88.5 cm³/mol. The molecule has 0 atom stereocenters. The lowest BCUT2D eigenvalue weighted by Crippen LogP contribution is -2.27. The molecule has 7 nitrogen and oxygen atoms in total. The number of carbonyl (C=O) groups is 1. The molecule has 122 valence electrons. The third kappa shape index (κ3) is 3.29. The molecule has 0 heterocycles. The van der Waals surface area contributed by atoms with E-state index in [0.29, 0.717) is 10.7 Å². The van der Waals surface area contributed by atoms with Gasteiger partial charge in [0.05, 0.1) is 34.9 Å². The fourth-order valence-electron chi connectivity index (χ4n) is 2.14. The van der Waals surface area contributed by atoms with Crippen molar-refractivity contribution in [2.24, 2.45) is 0 Å². The summed E-state index contributed by atoms with van der Waals surface area (Å²) in [7, 11) is 2.80. The normalized spacial score (nSPS) is 9.92. The molecular weight excluding hydrogens is 334 g/mol. The van der Waals surface area contributed by atoms with Crippen molar-refractivity contribution >= 4 is 28.9 Å². The molecule has 2 rings (SSSR count). The van der Waals surface area contributed by atoms with Gasteiger partial charge in [0.2, 0.25) is 0 Å². The molecular formula is C16H12ClN3O4. The molecule has 0 fully saturated rings. The first-order chi connectivity index (χ1) is 11.4. The van der Waals surface area contributed by atoms with Crippen molar-refractivity contribution in [1.29, 1.82) is 5.26 Å². The highest BCUT2D eigenvalue weighted by atomic mass is 35.5. The maximum absolute atomic E-state index is 12.7. The topological polar surface area (TPSA) is 96.5 Å². The number of nitro benzene ring substituents is 1. The minimum Gasteiger partial charge on any atom is -0.496 e. The van der Waals surface area contributed by atoms with E-state index in [-0.39, 0.29) is 22.6 Å². The lowest BCUT2D eigenvalue weighted by atomic mass is 10.1. The van der Waals surface area contributed by atoms with Gasteiger partial charge in [0, 0.05) is 18.1 Å². The maximum Gasteiger partial charge on any atom is 0.273 e. The molecule has 0 spiro atoms. The van der Waals surface area contributed by atoms with Crippen LogP contribution in [0.1, 0.15) is 15.9 Å². The number of carbonyl (C=O) groups excluding carboxylic acids is 1. The molecule has 0 aromatic heterocycles. The number of ether oxygens (including phenoxy) is 1. The second-order valence-electron chi connectivity index (χ2n) is 4.78. The molecule has 0 saturated heterocycles. The SMILES string of the molecule is COc1cc([N+](=O)[O-])ccc1C(=O)N(C)c1cc(Cl)ccc1C#N. The molecule has 0 radical (unpaired) electrons. The molecule has 0 unspecified atom stereocenters. The smallest absolute Gasteiger partial charge is 0.273 e. The van der Waals surface area contributed by atoms with Gasteiger partial charge in [-0.05, 0) is 24.3 Å². The summed E-state index contributed by atoms with van der Waals surface area (Å²) >= 11 is 5.94. The summed E-state index contributed by atoms with van der Waals surface area (Å²) in [5.74, 6) is -0.415. The number of halogens is 1. The Labute approximate surface area is 142 Å². The van der Waals surface area contributed by atoms with E-state index in [1.54, 1.807) is 6.07 Å². The summed E-state index contributed by atoms with van der Waals surface area (Å²) in [6.07, 6.45) is 0.